The normalized spacial score (nSPS) is 15.5. The molecule has 7 heteroatoms. The number of alkyl halides is 2. The van der Waals surface area contributed by atoms with Gasteiger partial charge in [0.05, 0.1) is 5.41 Å². The van der Waals surface area contributed by atoms with Crippen LogP contribution < -0.4 is 10.1 Å². The minimum atomic E-state index is -2.93. The first-order valence-corrected chi connectivity index (χ1v) is 6.83. The largest absolute Gasteiger partial charge is 0.481 e. The van der Waals surface area contributed by atoms with Gasteiger partial charge in [0.1, 0.15) is 5.75 Å². The molecule has 0 unspecified atom stereocenters. The molecule has 1 aromatic carbocycles. The molecule has 0 radical (unpaired) electrons. The van der Waals surface area contributed by atoms with E-state index in [9.17, 15) is 18.4 Å². The number of halogens is 2. The Morgan fingerprint density at radius 1 is 1.32 bits per heavy atom. The van der Waals surface area contributed by atoms with Crippen molar-refractivity contribution >= 4 is 11.9 Å². The average Bonchev–Trinajstić information content (AvgIpc) is 3.21. The molecule has 1 fully saturated rings. The highest BCUT2D eigenvalue weighted by Gasteiger charge is 2.50. The van der Waals surface area contributed by atoms with Crippen LogP contribution in [0.1, 0.15) is 34.3 Å². The van der Waals surface area contributed by atoms with Crippen molar-refractivity contribution in [3.63, 3.8) is 0 Å². The van der Waals surface area contributed by atoms with Crippen LogP contribution in [0.2, 0.25) is 0 Å². The summed E-state index contributed by atoms with van der Waals surface area (Å²) in [5.74, 6) is -1.29. The predicted octanol–water partition coefficient (Wildman–Crippen LogP) is 2.50. The van der Waals surface area contributed by atoms with Crippen molar-refractivity contribution in [3.8, 4) is 5.75 Å². The van der Waals surface area contributed by atoms with E-state index < -0.39 is 23.9 Å². The predicted molar refractivity (Wildman–Crippen MR) is 74.2 cm³/mol. The molecule has 0 bridgehead atoms. The molecular formula is C15H17F2NO4. The van der Waals surface area contributed by atoms with Crippen LogP contribution in [0.4, 0.5) is 8.78 Å². The summed E-state index contributed by atoms with van der Waals surface area (Å²) in [6.45, 7) is 0.277. The van der Waals surface area contributed by atoms with E-state index >= 15 is 0 Å². The van der Waals surface area contributed by atoms with Gasteiger partial charge in [-0.05, 0) is 49.9 Å². The summed E-state index contributed by atoms with van der Waals surface area (Å²) in [6, 6.07) is 2.89. The number of nitrogens with one attached hydrogen (secondary N) is 1. The topological polar surface area (TPSA) is 75.6 Å². The van der Waals surface area contributed by atoms with Crippen LogP contribution in [-0.2, 0) is 4.79 Å². The molecule has 1 amide bonds. The van der Waals surface area contributed by atoms with Gasteiger partial charge >= 0.3 is 12.6 Å². The van der Waals surface area contributed by atoms with Gasteiger partial charge in [-0.1, -0.05) is 0 Å². The zero-order valence-corrected chi connectivity index (χ0v) is 12.3. The van der Waals surface area contributed by atoms with Gasteiger partial charge in [-0.15, -0.1) is 0 Å². The Morgan fingerprint density at radius 2 is 1.86 bits per heavy atom. The molecule has 0 atom stereocenters. The van der Waals surface area contributed by atoms with Crippen LogP contribution in [0.3, 0.4) is 0 Å². The van der Waals surface area contributed by atoms with Crippen LogP contribution >= 0.6 is 0 Å². The standard InChI is InChI=1S/C15H17F2NO4/c1-8-5-10(6-9(2)11(8)22-14(16)17)12(19)18-7-15(3-4-15)13(20)21/h5-6,14H,3-4,7H2,1-2H3,(H,18,19)(H,20,21). The molecule has 22 heavy (non-hydrogen) atoms. The third kappa shape index (κ3) is 3.35. The minimum Gasteiger partial charge on any atom is -0.481 e. The van der Waals surface area contributed by atoms with E-state index in [2.05, 4.69) is 10.1 Å². The van der Waals surface area contributed by atoms with Gasteiger partial charge in [-0.2, -0.15) is 8.78 Å². The lowest BCUT2D eigenvalue weighted by atomic mass is 10.0. The highest BCUT2D eigenvalue weighted by atomic mass is 19.3. The van der Waals surface area contributed by atoms with Gasteiger partial charge in [-0.3, -0.25) is 9.59 Å². The molecule has 0 aliphatic heterocycles. The Labute approximate surface area is 126 Å². The average molecular weight is 313 g/mol. The quantitative estimate of drug-likeness (QED) is 0.846. The number of carbonyl (C=O) groups is 2. The highest BCUT2D eigenvalue weighted by molar-refractivity contribution is 5.95. The van der Waals surface area contributed by atoms with Crippen LogP contribution in [0.5, 0.6) is 5.75 Å². The number of hydrogen-bond acceptors (Lipinski definition) is 3. The number of ether oxygens (including phenoxy) is 1. The summed E-state index contributed by atoms with van der Waals surface area (Å²) in [4.78, 5) is 23.1. The van der Waals surface area contributed by atoms with E-state index in [1.165, 1.54) is 12.1 Å². The van der Waals surface area contributed by atoms with Crippen molar-refractivity contribution in [1.29, 1.82) is 0 Å². The lowest BCUT2D eigenvalue weighted by Crippen LogP contribution is -2.34. The molecule has 0 aromatic heterocycles. The number of aryl methyl sites for hydroxylation is 2. The molecule has 0 saturated heterocycles. The molecule has 0 spiro atoms. The monoisotopic (exact) mass is 313 g/mol. The summed E-state index contributed by atoms with van der Waals surface area (Å²) < 4.78 is 29.1. The molecule has 1 aliphatic rings. The number of carbonyl (C=O) groups excluding carboxylic acids is 1. The third-order valence-corrected chi connectivity index (χ3v) is 3.82. The minimum absolute atomic E-state index is 0.0516. The molecule has 2 N–H and O–H groups in total. The number of aliphatic carboxylic acids is 1. The fraction of sp³-hybridized carbons (Fsp3) is 0.467. The number of carboxylic acid groups (broad SMARTS) is 1. The molecule has 2 rings (SSSR count). The van der Waals surface area contributed by atoms with E-state index in [0.29, 0.717) is 24.0 Å². The number of amides is 1. The fourth-order valence-electron chi connectivity index (χ4n) is 2.33. The summed E-state index contributed by atoms with van der Waals surface area (Å²) in [5, 5.41) is 11.6. The van der Waals surface area contributed by atoms with Crippen molar-refractivity contribution in [2.24, 2.45) is 5.41 Å². The number of rotatable bonds is 6. The van der Waals surface area contributed by atoms with E-state index in [-0.39, 0.29) is 17.9 Å². The summed E-state index contributed by atoms with van der Waals surface area (Å²) in [6.07, 6.45) is 1.09. The lowest BCUT2D eigenvalue weighted by Gasteiger charge is -2.14. The first-order chi connectivity index (χ1) is 10.2. The van der Waals surface area contributed by atoms with E-state index in [1.807, 2.05) is 0 Å². The first-order valence-electron chi connectivity index (χ1n) is 6.83. The van der Waals surface area contributed by atoms with Crippen LogP contribution in [0.15, 0.2) is 12.1 Å². The molecule has 5 nitrogen and oxygen atoms in total. The third-order valence-electron chi connectivity index (χ3n) is 3.82. The van der Waals surface area contributed by atoms with Crippen molar-refractivity contribution in [1.82, 2.24) is 5.32 Å². The first kappa shape index (κ1) is 16.2. The summed E-state index contributed by atoms with van der Waals surface area (Å²) in [7, 11) is 0. The lowest BCUT2D eigenvalue weighted by molar-refractivity contribution is -0.143. The Hall–Kier alpha value is -2.18. The SMILES string of the molecule is Cc1cc(C(=O)NCC2(C(=O)O)CC2)cc(C)c1OC(F)F. The molecule has 1 saturated carbocycles. The molecule has 120 valence electrons. The second-order valence-electron chi connectivity index (χ2n) is 5.59. The van der Waals surface area contributed by atoms with Crippen molar-refractivity contribution in [3.05, 3.63) is 28.8 Å². The Balaban J connectivity index is 2.09. The maximum atomic E-state index is 12.3. The van der Waals surface area contributed by atoms with Crippen LogP contribution in [0.25, 0.3) is 0 Å². The number of hydrogen-bond donors (Lipinski definition) is 2. The van der Waals surface area contributed by atoms with Crippen molar-refractivity contribution < 1.29 is 28.2 Å². The molecule has 1 aliphatic carbocycles. The van der Waals surface area contributed by atoms with Crippen molar-refractivity contribution in [2.75, 3.05) is 6.54 Å². The van der Waals surface area contributed by atoms with E-state index in [1.54, 1.807) is 13.8 Å². The summed E-state index contributed by atoms with van der Waals surface area (Å²) >= 11 is 0. The Bertz CT molecular complexity index is 589. The molecule has 1 aromatic rings. The highest BCUT2D eigenvalue weighted by Crippen LogP contribution is 2.45. The zero-order valence-electron chi connectivity index (χ0n) is 12.3. The van der Waals surface area contributed by atoms with Gasteiger partial charge in [0.25, 0.3) is 5.91 Å². The Morgan fingerprint density at radius 3 is 2.27 bits per heavy atom. The smallest absolute Gasteiger partial charge is 0.387 e. The zero-order chi connectivity index (χ0) is 16.5. The fourth-order valence-corrected chi connectivity index (χ4v) is 2.33. The molecule has 0 heterocycles. The number of carboxylic acids is 1. The van der Waals surface area contributed by atoms with Crippen LogP contribution in [-0.4, -0.2) is 30.1 Å². The Kier molecular flexibility index (Phi) is 4.35. The van der Waals surface area contributed by atoms with E-state index in [4.69, 9.17) is 5.11 Å². The maximum absolute atomic E-state index is 12.3. The number of benzene rings is 1. The van der Waals surface area contributed by atoms with Crippen LogP contribution in [0, 0.1) is 19.3 Å². The second kappa shape index (κ2) is 5.90. The van der Waals surface area contributed by atoms with Gasteiger partial charge in [0, 0.05) is 12.1 Å². The van der Waals surface area contributed by atoms with E-state index in [0.717, 1.165) is 0 Å². The van der Waals surface area contributed by atoms with Gasteiger partial charge in [0.15, 0.2) is 0 Å². The van der Waals surface area contributed by atoms with Gasteiger partial charge < -0.3 is 15.2 Å². The summed E-state index contributed by atoms with van der Waals surface area (Å²) in [5.41, 5.74) is 0.283. The van der Waals surface area contributed by atoms with Gasteiger partial charge in [0.2, 0.25) is 0 Å². The van der Waals surface area contributed by atoms with Crippen molar-refractivity contribution in [2.45, 2.75) is 33.3 Å². The second-order valence-corrected chi connectivity index (χ2v) is 5.59. The molecular weight excluding hydrogens is 296 g/mol. The maximum Gasteiger partial charge on any atom is 0.387 e. The van der Waals surface area contributed by atoms with Gasteiger partial charge in [-0.25, -0.2) is 0 Å².